The molecule has 9 nitrogen and oxygen atoms in total. The highest BCUT2D eigenvalue weighted by Crippen LogP contribution is 2.15. The van der Waals surface area contributed by atoms with E-state index in [0.717, 1.165) is 6.92 Å². The molecule has 5 atom stereocenters. The Hall–Kier alpha value is -1.20. The van der Waals surface area contributed by atoms with Gasteiger partial charge in [0.1, 0.15) is 30.6 Å². The van der Waals surface area contributed by atoms with E-state index in [4.69, 9.17) is 9.84 Å². The monoisotopic (exact) mass is 336 g/mol. The van der Waals surface area contributed by atoms with E-state index in [2.05, 4.69) is 10.6 Å². The fourth-order valence-electron chi connectivity index (χ4n) is 1.87. The first kappa shape index (κ1) is 18.8. The van der Waals surface area contributed by atoms with Crippen molar-refractivity contribution in [2.45, 2.75) is 37.3 Å². The number of ether oxygens (including phenoxy) is 1. The Kier molecular flexibility index (Phi) is 7.76. The summed E-state index contributed by atoms with van der Waals surface area (Å²) in [7, 11) is 0. The van der Waals surface area contributed by atoms with Crippen LogP contribution >= 0.6 is 11.8 Å². The van der Waals surface area contributed by atoms with E-state index in [0.29, 0.717) is 17.9 Å². The van der Waals surface area contributed by atoms with Crippen LogP contribution in [0.1, 0.15) is 6.92 Å². The van der Waals surface area contributed by atoms with Crippen LogP contribution in [0.3, 0.4) is 0 Å². The minimum atomic E-state index is -1.73. The number of nitrogens with one attached hydrogen (secondary N) is 2. The molecule has 0 bridgehead atoms. The highest BCUT2D eigenvalue weighted by atomic mass is 32.2. The quantitative estimate of drug-likeness (QED) is 0.231. The number of rotatable bonds is 8. The number of carbonyl (C=O) groups is 3. The van der Waals surface area contributed by atoms with Crippen molar-refractivity contribution in [2.24, 2.45) is 0 Å². The number of aldehydes is 1. The van der Waals surface area contributed by atoms with E-state index >= 15 is 0 Å². The van der Waals surface area contributed by atoms with Crippen LogP contribution in [-0.2, 0) is 19.1 Å². The second-order valence-corrected chi connectivity index (χ2v) is 5.81. The Labute approximate surface area is 131 Å². The molecule has 1 saturated heterocycles. The van der Waals surface area contributed by atoms with Gasteiger partial charge in [0, 0.05) is 18.6 Å². The van der Waals surface area contributed by atoms with Gasteiger partial charge in [-0.15, -0.1) is 11.8 Å². The summed E-state index contributed by atoms with van der Waals surface area (Å²) in [5, 5.41) is 33.5. The zero-order valence-electron chi connectivity index (χ0n) is 12.0. The Morgan fingerprint density at radius 2 is 2.18 bits per heavy atom. The third kappa shape index (κ3) is 5.21. The van der Waals surface area contributed by atoms with Gasteiger partial charge in [-0.25, -0.2) is 0 Å². The summed E-state index contributed by atoms with van der Waals surface area (Å²) >= 11 is 1.48. The summed E-state index contributed by atoms with van der Waals surface area (Å²) in [5.41, 5.74) is 0. The van der Waals surface area contributed by atoms with Gasteiger partial charge in [0.25, 0.3) is 0 Å². The molecule has 10 heteroatoms. The van der Waals surface area contributed by atoms with Crippen LogP contribution in [0.25, 0.3) is 0 Å². The highest BCUT2D eigenvalue weighted by Gasteiger charge is 2.38. The number of carbonyl (C=O) groups excluding carboxylic acids is 3. The molecule has 0 aromatic rings. The Morgan fingerprint density at radius 1 is 1.50 bits per heavy atom. The molecule has 1 heterocycles. The molecule has 5 N–H and O–H groups in total. The van der Waals surface area contributed by atoms with E-state index in [-0.39, 0.29) is 0 Å². The molecule has 0 aliphatic carbocycles. The van der Waals surface area contributed by atoms with Crippen molar-refractivity contribution in [3.8, 4) is 0 Å². The van der Waals surface area contributed by atoms with Crippen molar-refractivity contribution in [3.63, 3.8) is 0 Å². The average Bonchev–Trinajstić information content (AvgIpc) is 3.03. The third-order valence-corrected chi connectivity index (χ3v) is 3.98. The maximum absolute atomic E-state index is 12.0. The van der Waals surface area contributed by atoms with Gasteiger partial charge in [0.05, 0.1) is 6.61 Å². The summed E-state index contributed by atoms with van der Waals surface area (Å²) in [6.07, 6.45) is -4.57. The van der Waals surface area contributed by atoms with Gasteiger partial charge < -0.3 is 30.2 Å². The minimum absolute atomic E-state index is 0.295. The zero-order chi connectivity index (χ0) is 16.7. The molecular weight excluding hydrogens is 316 g/mol. The standard InChI is InChI=1S/C12H20N2O7S/c1-6(17)14-7(2-15)11(10(19)9(18)3-16)21-12(20)8-4-22-5-13-8/h2,7-11,13,16,18-19H,3-5H2,1H3,(H,14,17)/t7-,8?,9+,10+,11+/m0/s1. The van der Waals surface area contributed by atoms with Crippen LogP contribution < -0.4 is 10.6 Å². The Morgan fingerprint density at radius 3 is 2.64 bits per heavy atom. The zero-order valence-corrected chi connectivity index (χ0v) is 12.8. The normalized spacial score (nSPS) is 23.2. The van der Waals surface area contributed by atoms with Crippen LogP contribution in [0.4, 0.5) is 0 Å². The lowest BCUT2D eigenvalue weighted by molar-refractivity contribution is -0.167. The predicted octanol–water partition coefficient (Wildman–Crippen LogP) is -3.02. The molecule has 1 aliphatic heterocycles. The molecule has 0 spiro atoms. The minimum Gasteiger partial charge on any atom is -0.456 e. The van der Waals surface area contributed by atoms with Gasteiger partial charge >= 0.3 is 5.97 Å². The van der Waals surface area contributed by atoms with Crippen molar-refractivity contribution >= 4 is 29.9 Å². The molecule has 1 unspecified atom stereocenters. The number of aliphatic hydroxyl groups excluding tert-OH is 3. The summed E-state index contributed by atoms with van der Waals surface area (Å²) < 4.78 is 5.09. The summed E-state index contributed by atoms with van der Waals surface area (Å²) in [6, 6.07) is -1.94. The lowest BCUT2D eigenvalue weighted by Gasteiger charge is -2.30. The number of thioether (sulfide) groups is 1. The first-order valence-corrected chi connectivity index (χ1v) is 7.77. The first-order valence-electron chi connectivity index (χ1n) is 6.61. The van der Waals surface area contributed by atoms with Crippen molar-refractivity contribution in [1.82, 2.24) is 10.6 Å². The molecule has 0 radical (unpaired) electrons. The summed E-state index contributed by atoms with van der Waals surface area (Å²) in [4.78, 5) is 34.2. The van der Waals surface area contributed by atoms with Crippen molar-refractivity contribution in [3.05, 3.63) is 0 Å². The number of amides is 1. The molecule has 1 aliphatic rings. The summed E-state index contributed by atoms with van der Waals surface area (Å²) in [5.74, 6) is -0.250. The van der Waals surface area contributed by atoms with Gasteiger partial charge in [-0.1, -0.05) is 0 Å². The summed E-state index contributed by atoms with van der Waals surface area (Å²) in [6.45, 7) is 0.359. The topological polar surface area (TPSA) is 145 Å². The van der Waals surface area contributed by atoms with Gasteiger partial charge in [-0.2, -0.15) is 0 Å². The molecule has 126 valence electrons. The second-order valence-electron chi connectivity index (χ2n) is 4.78. The number of hydrogen-bond acceptors (Lipinski definition) is 9. The van der Waals surface area contributed by atoms with Gasteiger partial charge in [0.2, 0.25) is 5.91 Å². The molecule has 22 heavy (non-hydrogen) atoms. The predicted molar refractivity (Wildman–Crippen MR) is 76.9 cm³/mol. The van der Waals surface area contributed by atoms with Crippen LogP contribution in [0.15, 0.2) is 0 Å². The number of esters is 1. The molecule has 0 aromatic carbocycles. The lowest BCUT2D eigenvalue weighted by Crippen LogP contribution is -2.56. The Balaban J connectivity index is 2.85. The maximum atomic E-state index is 12.0. The molecule has 1 fully saturated rings. The molecule has 0 aromatic heterocycles. The highest BCUT2D eigenvalue weighted by molar-refractivity contribution is 7.99. The van der Waals surface area contributed by atoms with Gasteiger partial charge in [-0.05, 0) is 0 Å². The van der Waals surface area contributed by atoms with Crippen molar-refractivity contribution in [2.75, 3.05) is 18.2 Å². The maximum Gasteiger partial charge on any atom is 0.324 e. The number of hydrogen-bond donors (Lipinski definition) is 5. The third-order valence-electron chi connectivity index (χ3n) is 3.04. The molecular formula is C12H20N2O7S. The largest absolute Gasteiger partial charge is 0.456 e. The fraction of sp³-hybridized carbons (Fsp3) is 0.750. The van der Waals surface area contributed by atoms with Crippen LogP contribution in [0.2, 0.25) is 0 Å². The van der Waals surface area contributed by atoms with Gasteiger partial charge in [-0.3, -0.25) is 14.9 Å². The van der Waals surface area contributed by atoms with E-state index in [1.165, 1.54) is 11.8 Å². The smallest absolute Gasteiger partial charge is 0.324 e. The van der Waals surface area contributed by atoms with E-state index < -0.39 is 48.9 Å². The van der Waals surface area contributed by atoms with E-state index in [9.17, 15) is 24.6 Å². The number of aliphatic hydroxyl groups is 3. The average molecular weight is 336 g/mol. The van der Waals surface area contributed by atoms with Gasteiger partial charge in [0.15, 0.2) is 6.10 Å². The molecule has 1 amide bonds. The molecule has 0 saturated carbocycles. The fourth-order valence-corrected chi connectivity index (χ4v) is 2.80. The van der Waals surface area contributed by atoms with Crippen LogP contribution in [-0.4, -0.2) is 82.1 Å². The van der Waals surface area contributed by atoms with E-state index in [1.54, 1.807) is 0 Å². The van der Waals surface area contributed by atoms with Crippen molar-refractivity contribution in [1.29, 1.82) is 0 Å². The van der Waals surface area contributed by atoms with Crippen molar-refractivity contribution < 1.29 is 34.4 Å². The first-order chi connectivity index (χ1) is 10.4. The van der Waals surface area contributed by atoms with E-state index in [1.807, 2.05) is 0 Å². The lowest BCUT2D eigenvalue weighted by atomic mass is 10.0. The second kappa shape index (κ2) is 9.06. The SMILES string of the molecule is CC(=O)N[C@@H](C=O)[C@@H](OC(=O)C1CSCN1)[C@H](O)[C@H](O)CO. The molecule has 1 rings (SSSR count). The van der Waals surface area contributed by atoms with Crippen LogP contribution in [0, 0.1) is 0 Å². The van der Waals surface area contributed by atoms with Crippen LogP contribution in [0.5, 0.6) is 0 Å². The Bertz CT molecular complexity index is 403.